The van der Waals surface area contributed by atoms with E-state index in [0.717, 1.165) is 0 Å². The van der Waals surface area contributed by atoms with Crippen molar-refractivity contribution in [2.45, 2.75) is 52.1 Å². The molecular weight excluding hydrogens is 255 g/mol. The highest BCUT2D eigenvalue weighted by Gasteiger charge is 2.10. The highest BCUT2D eigenvalue weighted by molar-refractivity contribution is 7.09. The zero-order valence-electron chi connectivity index (χ0n) is 11.8. The van der Waals surface area contributed by atoms with Crippen molar-refractivity contribution < 1.29 is 23.8 Å². The highest BCUT2D eigenvalue weighted by atomic mass is 31.0. The predicted octanol–water partition coefficient (Wildman–Crippen LogP) is 1.39. The molecule has 0 spiro atoms. The average Bonchev–Trinajstić information content (AvgIpc) is 2.35. The first kappa shape index (κ1) is 18.2. The first-order chi connectivity index (χ1) is 8.49. The molecule has 0 fully saturated rings. The Balaban J connectivity index is 3.54. The van der Waals surface area contributed by atoms with E-state index >= 15 is 0 Å². The summed E-state index contributed by atoms with van der Waals surface area (Å²) in [7, 11) is 2.22. The molecule has 0 radical (unpaired) electrons. The van der Waals surface area contributed by atoms with E-state index in [4.69, 9.17) is 23.8 Å². The van der Waals surface area contributed by atoms with Crippen molar-refractivity contribution in [2.75, 3.05) is 26.4 Å². The minimum atomic E-state index is -0.157. The van der Waals surface area contributed by atoms with Gasteiger partial charge in [0.15, 0.2) is 0 Å². The maximum absolute atomic E-state index is 8.85. The number of hydrogen-bond acceptors (Lipinski definition) is 5. The molecule has 0 aromatic heterocycles. The molecule has 5 unspecified atom stereocenters. The zero-order valence-corrected chi connectivity index (χ0v) is 13.0. The van der Waals surface area contributed by atoms with Gasteiger partial charge in [-0.05, 0) is 27.7 Å². The molecule has 0 saturated heterocycles. The molecule has 0 aromatic rings. The van der Waals surface area contributed by atoms with Gasteiger partial charge < -0.3 is 23.8 Å². The lowest BCUT2D eigenvalue weighted by atomic mass is 10.3. The van der Waals surface area contributed by atoms with Gasteiger partial charge >= 0.3 is 0 Å². The van der Waals surface area contributed by atoms with Crippen molar-refractivity contribution in [1.82, 2.24) is 0 Å². The molecule has 0 rings (SSSR count). The van der Waals surface area contributed by atoms with Gasteiger partial charge in [0.25, 0.3) is 0 Å². The maximum atomic E-state index is 8.85. The van der Waals surface area contributed by atoms with Gasteiger partial charge in [-0.1, -0.05) is 0 Å². The topological polar surface area (TPSA) is 57.2 Å². The number of ether oxygens (including phenoxy) is 3. The normalized spacial score (nSPS) is 18.3. The third kappa shape index (κ3) is 10.2. The Bertz CT molecular complexity index is 193. The van der Waals surface area contributed by atoms with Crippen LogP contribution in [-0.4, -0.2) is 55.9 Å². The van der Waals surface area contributed by atoms with E-state index in [9.17, 15) is 0 Å². The second-order valence-electron chi connectivity index (χ2n) is 4.57. The summed E-state index contributed by atoms with van der Waals surface area (Å²) in [6.45, 7) is 9.22. The van der Waals surface area contributed by atoms with E-state index < -0.39 is 0 Å². The summed E-state index contributed by atoms with van der Waals surface area (Å²) in [5.74, 6) is 0. The van der Waals surface area contributed by atoms with Gasteiger partial charge in [-0.25, -0.2) is 0 Å². The molecule has 0 aliphatic heterocycles. The summed E-state index contributed by atoms with van der Waals surface area (Å²) in [6, 6.07) is 0. The molecule has 5 nitrogen and oxygen atoms in total. The van der Waals surface area contributed by atoms with Crippen molar-refractivity contribution >= 4 is 9.47 Å². The lowest BCUT2D eigenvalue weighted by Gasteiger charge is -2.20. The number of aliphatic hydroxyl groups is 1. The molecule has 18 heavy (non-hydrogen) atoms. The Labute approximate surface area is 112 Å². The van der Waals surface area contributed by atoms with E-state index in [-0.39, 0.29) is 31.0 Å². The molecule has 6 heteroatoms. The van der Waals surface area contributed by atoms with Crippen LogP contribution in [0.3, 0.4) is 0 Å². The molecule has 0 heterocycles. The fourth-order valence-electron chi connectivity index (χ4n) is 1.27. The quantitative estimate of drug-likeness (QED) is 0.580. The molecule has 0 aromatic carbocycles. The van der Waals surface area contributed by atoms with Crippen LogP contribution in [0.5, 0.6) is 0 Å². The van der Waals surface area contributed by atoms with Gasteiger partial charge in [-0.3, -0.25) is 0 Å². The number of aliphatic hydroxyl groups excluding tert-OH is 1. The molecule has 0 saturated carbocycles. The van der Waals surface area contributed by atoms with E-state index in [2.05, 4.69) is 9.47 Å². The van der Waals surface area contributed by atoms with E-state index in [1.165, 1.54) is 0 Å². The van der Waals surface area contributed by atoms with Gasteiger partial charge in [0.2, 0.25) is 0 Å². The molecule has 0 aliphatic rings. The van der Waals surface area contributed by atoms with Crippen LogP contribution in [0.2, 0.25) is 0 Å². The predicted molar refractivity (Wildman–Crippen MR) is 73.6 cm³/mol. The highest BCUT2D eigenvalue weighted by Crippen LogP contribution is 2.02. The van der Waals surface area contributed by atoms with E-state index in [0.29, 0.717) is 19.8 Å². The Kier molecular flexibility index (Phi) is 11.2. The van der Waals surface area contributed by atoms with Crippen LogP contribution in [0.1, 0.15) is 27.7 Å². The molecule has 110 valence electrons. The standard InChI is InChI=1S/C12H27O5P/c1-9(5-13)16-11(3)8-15-10(2)6-14-7-12(4)17-18/h9-13H,5-8,18H2,1-4H3. The van der Waals surface area contributed by atoms with Crippen LogP contribution in [0.25, 0.3) is 0 Å². The van der Waals surface area contributed by atoms with Crippen LogP contribution >= 0.6 is 9.47 Å². The third-order valence-corrected chi connectivity index (χ3v) is 2.74. The SMILES string of the molecule is CC(COCC(C)OCC(C)OC(C)CO)OP. The molecule has 1 N–H and O–H groups in total. The second-order valence-corrected chi connectivity index (χ2v) is 4.84. The number of hydrogen-bond donors (Lipinski definition) is 1. The largest absolute Gasteiger partial charge is 0.394 e. The fourth-order valence-corrected chi connectivity index (χ4v) is 1.34. The second kappa shape index (κ2) is 11.1. The van der Waals surface area contributed by atoms with Crippen LogP contribution in [0.15, 0.2) is 0 Å². The first-order valence-electron chi connectivity index (χ1n) is 6.30. The van der Waals surface area contributed by atoms with Crippen molar-refractivity contribution in [3.05, 3.63) is 0 Å². The van der Waals surface area contributed by atoms with Crippen LogP contribution < -0.4 is 0 Å². The molecule has 0 bridgehead atoms. The Morgan fingerprint density at radius 3 is 2.06 bits per heavy atom. The zero-order chi connectivity index (χ0) is 14.0. The lowest BCUT2D eigenvalue weighted by Crippen LogP contribution is -2.28. The third-order valence-electron chi connectivity index (χ3n) is 2.27. The van der Waals surface area contributed by atoms with Gasteiger partial charge in [0.05, 0.1) is 50.8 Å². The summed E-state index contributed by atoms with van der Waals surface area (Å²) < 4.78 is 21.5. The summed E-state index contributed by atoms with van der Waals surface area (Å²) >= 11 is 0. The van der Waals surface area contributed by atoms with Gasteiger partial charge in [-0.15, -0.1) is 0 Å². The van der Waals surface area contributed by atoms with Crippen molar-refractivity contribution in [1.29, 1.82) is 0 Å². The fraction of sp³-hybridized carbons (Fsp3) is 1.00. The maximum Gasteiger partial charge on any atom is 0.0816 e. The summed E-state index contributed by atoms with van der Waals surface area (Å²) in [6.07, 6.45) is -0.119. The van der Waals surface area contributed by atoms with Crippen LogP contribution in [0, 0.1) is 0 Å². The Morgan fingerprint density at radius 1 is 0.889 bits per heavy atom. The summed E-state index contributed by atoms with van der Waals surface area (Å²) in [4.78, 5) is 0. The first-order valence-corrected chi connectivity index (χ1v) is 6.77. The lowest BCUT2D eigenvalue weighted by molar-refractivity contribution is -0.0871. The van der Waals surface area contributed by atoms with Crippen LogP contribution in [-0.2, 0) is 18.7 Å². The minimum Gasteiger partial charge on any atom is -0.394 e. The molecular formula is C12H27O5P. The number of rotatable bonds is 11. The van der Waals surface area contributed by atoms with E-state index in [1.54, 1.807) is 0 Å². The van der Waals surface area contributed by atoms with Crippen molar-refractivity contribution in [2.24, 2.45) is 0 Å². The molecule has 0 amide bonds. The monoisotopic (exact) mass is 282 g/mol. The van der Waals surface area contributed by atoms with Crippen LogP contribution in [0.4, 0.5) is 0 Å². The Hall–Kier alpha value is 0.230. The van der Waals surface area contributed by atoms with Gasteiger partial charge in [0, 0.05) is 9.47 Å². The average molecular weight is 282 g/mol. The Morgan fingerprint density at radius 2 is 1.50 bits per heavy atom. The summed E-state index contributed by atoms with van der Waals surface area (Å²) in [5, 5.41) is 8.85. The molecule has 5 atom stereocenters. The van der Waals surface area contributed by atoms with Crippen molar-refractivity contribution in [3.63, 3.8) is 0 Å². The summed E-state index contributed by atoms with van der Waals surface area (Å²) in [5.41, 5.74) is 0. The van der Waals surface area contributed by atoms with Crippen molar-refractivity contribution in [3.8, 4) is 0 Å². The molecule has 0 aliphatic carbocycles. The smallest absolute Gasteiger partial charge is 0.0816 e. The van der Waals surface area contributed by atoms with Gasteiger partial charge in [0.1, 0.15) is 0 Å². The minimum absolute atomic E-state index is 0.0113. The van der Waals surface area contributed by atoms with Gasteiger partial charge in [-0.2, -0.15) is 0 Å². The van der Waals surface area contributed by atoms with E-state index in [1.807, 2.05) is 27.7 Å².